The molecule has 2 aliphatic carbocycles. The first-order valence-corrected chi connectivity index (χ1v) is 27.2. The molecule has 4 aliphatic rings. The van der Waals surface area contributed by atoms with E-state index in [4.69, 9.17) is 28.7 Å². The van der Waals surface area contributed by atoms with Gasteiger partial charge in [0.15, 0.2) is 0 Å². The van der Waals surface area contributed by atoms with Crippen molar-refractivity contribution >= 4 is 62.0 Å². The summed E-state index contributed by atoms with van der Waals surface area (Å²) in [6, 6.07) is 40.8. The van der Waals surface area contributed by atoms with Crippen LogP contribution in [0.2, 0.25) is 0 Å². The van der Waals surface area contributed by atoms with Crippen LogP contribution < -0.4 is 4.90 Å². The molecule has 2 atom stereocenters. The highest BCUT2D eigenvalue weighted by Crippen LogP contribution is 2.46. The number of amides is 2. The molecule has 0 N–H and O–H groups in total. The number of likely N-dealkylation sites (tertiary alicyclic amines) is 2. The number of hydrogen-bond donors (Lipinski definition) is 0. The normalized spacial score (nSPS) is 15.9. The van der Waals surface area contributed by atoms with Crippen molar-refractivity contribution in [3.05, 3.63) is 180 Å². The van der Waals surface area contributed by atoms with Gasteiger partial charge in [-0.05, 0) is 148 Å². The molecule has 6 aromatic rings. The Morgan fingerprint density at radius 2 is 0.987 bits per heavy atom. The second-order valence-electron chi connectivity index (χ2n) is 19.5. The highest BCUT2D eigenvalue weighted by Gasteiger charge is 2.40. The third-order valence-corrected chi connectivity index (χ3v) is 16.0. The predicted molar refractivity (Wildman–Crippen MR) is 293 cm³/mol. The van der Waals surface area contributed by atoms with E-state index < -0.39 is 24.9 Å². The van der Waals surface area contributed by atoms with Crippen molar-refractivity contribution in [3.8, 4) is 22.3 Å². The zero-order chi connectivity index (χ0) is 55.4. The van der Waals surface area contributed by atoms with E-state index in [1.165, 1.54) is 48.7 Å². The largest absolute Gasteiger partial charge is 0.448 e. The first kappa shape index (κ1) is 57.9. The molecule has 0 saturated carbocycles. The Morgan fingerprint density at radius 3 is 1.43 bits per heavy atom. The summed E-state index contributed by atoms with van der Waals surface area (Å²) in [6.45, 7) is 9.85. The zero-order valence-electron chi connectivity index (χ0n) is 43.3. The molecule has 2 fully saturated rings. The lowest BCUT2D eigenvalue weighted by Gasteiger charge is -2.34. The van der Waals surface area contributed by atoms with E-state index in [2.05, 4.69) is 131 Å². The van der Waals surface area contributed by atoms with Crippen LogP contribution in [-0.4, -0.2) is 92.4 Å². The van der Waals surface area contributed by atoms with Crippen molar-refractivity contribution in [3.63, 3.8) is 0 Å². The lowest BCUT2D eigenvalue weighted by atomic mass is 9.92. The van der Waals surface area contributed by atoms with Crippen LogP contribution in [-0.2, 0) is 47.9 Å². The van der Waals surface area contributed by atoms with Gasteiger partial charge < -0.3 is 24.2 Å². The van der Waals surface area contributed by atoms with E-state index in [9.17, 15) is 22.8 Å². The van der Waals surface area contributed by atoms with Crippen LogP contribution in [0.25, 0.3) is 22.3 Å². The van der Waals surface area contributed by atoms with Gasteiger partial charge >= 0.3 is 30.7 Å². The maximum absolute atomic E-state index is 13.7. The summed E-state index contributed by atoms with van der Waals surface area (Å²) in [6.07, 6.45) is -0.320. The Balaban J connectivity index is 0.000000205. The number of aryl methyl sites for hydroxylation is 2. The number of carbonyl (C=O) groups excluding carboxylic acids is 6. The summed E-state index contributed by atoms with van der Waals surface area (Å²) in [5.41, 5.74) is 16.1. The summed E-state index contributed by atoms with van der Waals surface area (Å²) < 4.78 is 54.6. The highest BCUT2D eigenvalue weighted by molar-refractivity contribution is 9.10. The van der Waals surface area contributed by atoms with Gasteiger partial charge in [-0.15, -0.1) is 0 Å². The number of alkyl halides is 3. The van der Waals surface area contributed by atoms with Gasteiger partial charge in [0.2, 0.25) is 0 Å². The fraction of sp³-hybridized carbons (Fsp3) is 0.344. The van der Waals surface area contributed by atoms with Gasteiger partial charge in [0.25, 0.3) is 0 Å². The van der Waals surface area contributed by atoms with Crippen molar-refractivity contribution < 1.29 is 51.4 Å². The van der Waals surface area contributed by atoms with Gasteiger partial charge in [-0.3, -0.25) is 0 Å². The predicted octanol–water partition coefficient (Wildman–Crippen LogP) is 13.7. The van der Waals surface area contributed by atoms with E-state index in [-0.39, 0.29) is 43.4 Å². The standard InChI is InChI=1S/C30H30BrF3N2O2.C29H30BrNO2.2CO2/c1-3-20-14-21(31)15-28(19(20)2)36(18-30(32,33)34)22-12-13-35(16-22)29(37)38-17-27-25-10-6-4-8-23(25)24-9-5-7-11-26(24)27;1-3-21-15-23(30)16-22(19(21)2)14-20-12-13-31(17-20)29(32)33-18-28-26-10-6-4-8-24(26)25-9-5-7-11-27(25)28;2*2-1-3/h4-11,14-15,22,27H,3,12-13,16-18H2,1-2H3;4-11,15-16,20,28H,3,12-14,17-18H2,1-2H3;;. The Morgan fingerprint density at radius 1 is 0.597 bits per heavy atom. The smallest absolute Gasteiger partial charge is 0.409 e. The van der Waals surface area contributed by atoms with Gasteiger partial charge in [0.05, 0.1) is 0 Å². The summed E-state index contributed by atoms with van der Waals surface area (Å²) in [5, 5.41) is 0. The molecule has 16 heteroatoms. The number of hydrogen-bond acceptors (Lipinski definition) is 9. The van der Waals surface area contributed by atoms with E-state index in [1.807, 2.05) is 49.1 Å². The molecule has 0 spiro atoms. The highest BCUT2D eigenvalue weighted by atomic mass is 79.9. The SMILES string of the molecule is CCc1cc(Br)cc(CC2CCN(C(=O)OCC3c4ccccc4-c4ccccc43)C2)c1C.CCc1cc(Br)cc(N(CC(F)(F)F)C2CCN(C(=O)OCC3c4ccccc4-c4ccccc43)C2)c1C.O=C=O.O=C=O. The minimum atomic E-state index is -4.38. The Labute approximate surface area is 464 Å². The molecular weight excluding hydrogens is 1120 g/mol. The van der Waals surface area contributed by atoms with Crippen LogP contribution in [0.1, 0.15) is 88.6 Å². The summed E-state index contributed by atoms with van der Waals surface area (Å²) in [7, 11) is 0. The lowest BCUT2D eigenvalue weighted by Crippen LogP contribution is -2.44. The maximum Gasteiger partial charge on any atom is 0.409 e. The molecule has 11 nitrogen and oxygen atoms in total. The number of anilines is 1. The first-order valence-electron chi connectivity index (χ1n) is 25.6. The van der Waals surface area contributed by atoms with E-state index in [0.29, 0.717) is 37.6 Å². The van der Waals surface area contributed by atoms with Gasteiger partial charge in [0, 0.05) is 58.7 Å². The van der Waals surface area contributed by atoms with Crippen molar-refractivity contribution in [1.82, 2.24) is 9.80 Å². The Kier molecular flexibility index (Phi) is 19.9. The molecule has 0 aromatic heterocycles. The third-order valence-electron chi connectivity index (χ3n) is 15.0. The fourth-order valence-electron chi connectivity index (χ4n) is 11.4. The Hall–Kier alpha value is -6.83. The van der Waals surface area contributed by atoms with Crippen molar-refractivity contribution in [1.29, 1.82) is 0 Å². The van der Waals surface area contributed by atoms with Crippen LogP contribution in [0.3, 0.4) is 0 Å². The molecule has 6 aromatic carbocycles. The van der Waals surface area contributed by atoms with E-state index in [0.717, 1.165) is 74.7 Å². The monoisotopic (exact) mass is 1180 g/mol. The number of ether oxygens (including phenoxy) is 2. The topological polar surface area (TPSA) is 131 Å². The maximum atomic E-state index is 13.7. The number of nitrogens with zero attached hydrogens (tertiary/aromatic N) is 3. The molecule has 0 bridgehead atoms. The Bertz CT molecular complexity index is 3040. The van der Waals surface area contributed by atoms with Gasteiger partial charge in [0.1, 0.15) is 19.8 Å². The van der Waals surface area contributed by atoms with Gasteiger partial charge in [-0.2, -0.15) is 32.3 Å². The van der Waals surface area contributed by atoms with Crippen LogP contribution in [0.5, 0.6) is 0 Å². The van der Waals surface area contributed by atoms with Crippen LogP contribution in [0.15, 0.2) is 130 Å². The van der Waals surface area contributed by atoms with E-state index in [1.54, 1.807) is 6.07 Å². The molecule has 0 radical (unpaired) electrons. The molecule has 2 aliphatic heterocycles. The summed E-state index contributed by atoms with van der Waals surface area (Å²) in [5.74, 6) is 0.517. The summed E-state index contributed by atoms with van der Waals surface area (Å²) in [4.78, 5) is 63.4. The van der Waals surface area contributed by atoms with Crippen molar-refractivity contribution in [2.45, 2.75) is 83.9 Å². The average Bonchev–Trinajstić information content (AvgIpc) is 4.26. The molecule has 402 valence electrons. The average molecular weight is 1180 g/mol. The molecule has 2 amide bonds. The van der Waals surface area contributed by atoms with Crippen LogP contribution in [0.4, 0.5) is 28.4 Å². The van der Waals surface area contributed by atoms with E-state index >= 15 is 0 Å². The van der Waals surface area contributed by atoms with Crippen molar-refractivity contribution in [2.75, 3.05) is 50.8 Å². The zero-order valence-corrected chi connectivity index (χ0v) is 46.5. The molecule has 77 heavy (non-hydrogen) atoms. The van der Waals surface area contributed by atoms with Gasteiger partial charge in [-0.25, -0.2) is 9.59 Å². The first-order chi connectivity index (χ1) is 37.0. The quantitative estimate of drug-likeness (QED) is 0.124. The molecule has 10 rings (SSSR count). The number of rotatable bonds is 11. The number of carbonyl (C=O) groups is 2. The molecule has 2 saturated heterocycles. The van der Waals surface area contributed by atoms with Crippen LogP contribution in [0, 0.1) is 19.8 Å². The lowest BCUT2D eigenvalue weighted by molar-refractivity contribution is -0.193. The molecular formula is C61H60Br2F3N3O8. The second kappa shape index (κ2) is 26.5. The number of benzene rings is 6. The third kappa shape index (κ3) is 13.8. The second-order valence-corrected chi connectivity index (χ2v) is 21.3. The summed E-state index contributed by atoms with van der Waals surface area (Å²) >= 11 is 7.13. The number of fused-ring (bicyclic) bond motifs is 6. The molecule has 2 unspecified atom stereocenters. The minimum Gasteiger partial charge on any atom is -0.448 e. The molecule has 2 heterocycles. The van der Waals surface area contributed by atoms with Gasteiger partial charge in [-0.1, -0.05) is 143 Å². The fourth-order valence-corrected chi connectivity index (χ4v) is 12.4. The van der Waals surface area contributed by atoms with Crippen molar-refractivity contribution in [2.24, 2.45) is 5.92 Å². The minimum absolute atomic E-state index is 0.0664. The number of halogens is 5. The van der Waals surface area contributed by atoms with Crippen LogP contribution >= 0.6 is 31.9 Å².